The van der Waals surface area contributed by atoms with Crippen molar-refractivity contribution >= 4 is 0 Å². The maximum Gasteiger partial charge on any atom is 0.0181 e. The van der Waals surface area contributed by atoms with Crippen LogP contribution in [0, 0.1) is 16.7 Å². The van der Waals surface area contributed by atoms with Crippen LogP contribution in [0.2, 0.25) is 0 Å². The van der Waals surface area contributed by atoms with E-state index < -0.39 is 0 Å². The van der Waals surface area contributed by atoms with E-state index >= 15 is 0 Å². The molecule has 0 radical (unpaired) electrons. The molecule has 0 bridgehead atoms. The zero-order chi connectivity index (χ0) is 13.7. The van der Waals surface area contributed by atoms with Crippen LogP contribution in [0.5, 0.6) is 0 Å². The highest BCUT2D eigenvalue weighted by molar-refractivity contribution is 5.05. The molecule has 1 heterocycles. The predicted octanol–water partition coefficient (Wildman–Crippen LogP) is 4.62. The zero-order valence-corrected chi connectivity index (χ0v) is 13.5. The molecule has 0 aromatic rings. The predicted molar refractivity (Wildman–Crippen MR) is 77.3 cm³/mol. The second-order valence-corrected chi connectivity index (χ2v) is 8.66. The highest BCUT2D eigenvalue weighted by Gasteiger charge is 2.48. The molecule has 0 atom stereocenters. The Hall–Kier alpha value is -0.0400. The molecule has 17 heavy (non-hydrogen) atoms. The van der Waals surface area contributed by atoms with Gasteiger partial charge < -0.3 is 5.32 Å². The summed E-state index contributed by atoms with van der Waals surface area (Å²) in [6.07, 6.45) is 2.60. The molecule has 0 aromatic heterocycles. The average Bonchev–Trinajstić information content (AvgIpc) is 1.96. The SMILES string of the molecule is CC1CC(C)(C)C(C)(C)NC(C)(C)C(C)(C)C1. The van der Waals surface area contributed by atoms with Gasteiger partial charge in [0, 0.05) is 11.1 Å². The van der Waals surface area contributed by atoms with Crippen molar-refractivity contribution in [1.82, 2.24) is 5.32 Å². The molecule has 0 aliphatic carbocycles. The Labute approximate surface area is 109 Å². The van der Waals surface area contributed by atoms with Gasteiger partial charge in [-0.2, -0.15) is 0 Å². The molecule has 1 heteroatoms. The van der Waals surface area contributed by atoms with Crippen molar-refractivity contribution in [2.45, 2.75) is 86.2 Å². The molecule has 0 unspecified atom stereocenters. The molecule has 0 amide bonds. The molecule has 1 nitrogen and oxygen atoms in total. The van der Waals surface area contributed by atoms with E-state index in [1.807, 2.05) is 0 Å². The van der Waals surface area contributed by atoms with Crippen molar-refractivity contribution in [3.63, 3.8) is 0 Å². The van der Waals surface area contributed by atoms with Gasteiger partial charge in [0.2, 0.25) is 0 Å². The lowest BCUT2D eigenvalue weighted by molar-refractivity contribution is -0.00195. The van der Waals surface area contributed by atoms with Crippen molar-refractivity contribution in [1.29, 1.82) is 0 Å². The lowest BCUT2D eigenvalue weighted by Gasteiger charge is -2.56. The van der Waals surface area contributed by atoms with E-state index in [1.54, 1.807) is 0 Å². The Morgan fingerprint density at radius 2 is 1.00 bits per heavy atom. The first-order chi connectivity index (χ1) is 7.31. The van der Waals surface area contributed by atoms with Crippen molar-refractivity contribution in [2.24, 2.45) is 16.7 Å². The highest BCUT2D eigenvalue weighted by Crippen LogP contribution is 2.47. The van der Waals surface area contributed by atoms with Gasteiger partial charge >= 0.3 is 0 Å². The first-order valence-electron chi connectivity index (χ1n) is 7.10. The molecular weight excluding hydrogens is 206 g/mol. The van der Waals surface area contributed by atoms with E-state index in [0.717, 1.165) is 5.92 Å². The summed E-state index contributed by atoms with van der Waals surface area (Å²) in [6, 6.07) is 0. The first kappa shape index (κ1) is 15.0. The summed E-state index contributed by atoms with van der Waals surface area (Å²) in [6.45, 7) is 21.5. The fourth-order valence-electron chi connectivity index (χ4n) is 3.44. The van der Waals surface area contributed by atoms with Gasteiger partial charge in [0.1, 0.15) is 0 Å². The van der Waals surface area contributed by atoms with E-state index in [2.05, 4.69) is 67.6 Å². The Balaban J connectivity index is 3.15. The summed E-state index contributed by atoms with van der Waals surface area (Å²) in [5, 5.41) is 3.94. The van der Waals surface area contributed by atoms with Crippen LogP contribution in [0.25, 0.3) is 0 Å². The number of rotatable bonds is 0. The molecule has 1 aliphatic heterocycles. The van der Waals surface area contributed by atoms with Crippen molar-refractivity contribution in [3.8, 4) is 0 Å². The summed E-state index contributed by atoms with van der Waals surface area (Å²) in [7, 11) is 0. The van der Waals surface area contributed by atoms with Gasteiger partial charge in [-0.15, -0.1) is 0 Å². The molecule has 0 spiro atoms. The minimum Gasteiger partial charge on any atom is -0.306 e. The molecule has 0 saturated carbocycles. The Bertz CT molecular complexity index is 256. The van der Waals surface area contributed by atoms with Crippen LogP contribution in [-0.4, -0.2) is 11.1 Å². The van der Waals surface area contributed by atoms with Gasteiger partial charge in [-0.3, -0.25) is 0 Å². The van der Waals surface area contributed by atoms with Crippen LogP contribution in [0.1, 0.15) is 75.2 Å². The van der Waals surface area contributed by atoms with Crippen molar-refractivity contribution < 1.29 is 0 Å². The maximum absolute atomic E-state index is 3.94. The largest absolute Gasteiger partial charge is 0.306 e. The molecule has 1 fully saturated rings. The average molecular weight is 239 g/mol. The third kappa shape index (κ3) is 2.70. The monoisotopic (exact) mass is 239 g/mol. The minimum absolute atomic E-state index is 0.169. The molecule has 1 saturated heterocycles. The van der Waals surface area contributed by atoms with Crippen LogP contribution in [0.4, 0.5) is 0 Å². The minimum atomic E-state index is 0.169. The quantitative estimate of drug-likeness (QED) is 0.650. The highest BCUT2D eigenvalue weighted by atomic mass is 15.1. The molecule has 1 N–H and O–H groups in total. The van der Waals surface area contributed by atoms with Gasteiger partial charge in [0.05, 0.1) is 0 Å². The zero-order valence-electron chi connectivity index (χ0n) is 13.5. The fourth-order valence-corrected chi connectivity index (χ4v) is 3.44. The van der Waals surface area contributed by atoms with E-state index in [1.165, 1.54) is 12.8 Å². The second-order valence-electron chi connectivity index (χ2n) is 8.66. The Morgan fingerprint density at radius 3 is 1.29 bits per heavy atom. The van der Waals surface area contributed by atoms with Gasteiger partial charge in [0.25, 0.3) is 0 Å². The summed E-state index contributed by atoms with van der Waals surface area (Å²) in [4.78, 5) is 0. The molecule has 102 valence electrons. The van der Waals surface area contributed by atoms with E-state index in [0.29, 0.717) is 10.8 Å². The number of hydrogen-bond acceptors (Lipinski definition) is 1. The van der Waals surface area contributed by atoms with Crippen LogP contribution >= 0.6 is 0 Å². The fraction of sp³-hybridized carbons (Fsp3) is 1.00. The van der Waals surface area contributed by atoms with Crippen molar-refractivity contribution in [3.05, 3.63) is 0 Å². The van der Waals surface area contributed by atoms with Gasteiger partial charge in [-0.05, 0) is 57.3 Å². The second kappa shape index (κ2) is 3.98. The third-order valence-corrected chi connectivity index (χ3v) is 5.73. The number of nitrogens with one attached hydrogen (secondary N) is 1. The summed E-state index contributed by atoms with van der Waals surface area (Å²) >= 11 is 0. The maximum atomic E-state index is 3.94. The summed E-state index contributed by atoms with van der Waals surface area (Å²) in [5.74, 6) is 0.792. The van der Waals surface area contributed by atoms with Gasteiger partial charge in [-0.25, -0.2) is 0 Å². The topological polar surface area (TPSA) is 12.0 Å². The van der Waals surface area contributed by atoms with Gasteiger partial charge in [-0.1, -0.05) is 34.6 Å². The molecule has 0 aromatic carbocycles. The normalized spacial score (nSPS) is 31.6. The van der Waals surface area contributed by atoms with Crippen molar-refractivity contribution in [2.75, 3.05) is 0 Å². The van der Waals surface area contributed by atoms with Gasteiger partial charge in [0.15, 0.2) is 0 Å². The smallest absolute Gasteiger partial charge is 0.0181 e. The standard InChI is InChI=1S/C16H33N/c1-12-10-13(2,3)15(6,7)17-16(8,9)14(4,5)11-12/h12,17H,10-11H2,1-9H3. The molecular formula is C16H33N. The van der Waals surface area contributed by atoms with Crippen LogP contribution < -0.4 is 5.32 Å². The lowest BCUT2D eigenvalue weighted by atomic mass is 9.60. The summed E-state index contributed by atoms with van der Waals surface area (Å²) < 4.78 is 0. The Kier molecular flexibility index (Phi) is 3.52. The molecule has 1 rings (SSSR count). The van der Waals surface area contributed by atoms with Crippen LogP contribution in [-0.2, 0) is 0 Å². The van der Waals surface area contributed by atoms with E-state index in [-0.39, 0.29) is 11.1 Å². The third-order valence-electron chi connectivity index (χ3n) is 5.73. The van der Waals surface area contributed by atoms with E-state index in [9.17, 15) is 0 Å². The van der Waals surface area contributed by atoms with E-state index in [4.69, 9.17) is 0 Å². The number of hydrogen-bond donors (Lipinski definition) is 1. The molecule has 1 aliphatic rings. The summed E-state index contributed by atoms with van der Waals surface area (Å²) in [5.41, 5.74) is 1.01. The van der Waals surface area contributed by atoms with Crippen LogP contribution in [0.15, 0.2) is 0 Å². The first-order valence-corrected chi connectivity index (χ1v) is 7.10. The Morgan fingerprint density at radius 1 is 0.706 bits per heavy atom. The van der Waals surface area contributed by atoms with Crippen LogP contribution in [0.3, 0.4) is 0 Å². The lowest BCUT2D eigenvalue weighted by Crippen LogP contribution is -2.65.